The van der Waals surface area contributed by atoms with Crippen molar-refractivity contribution in [3.8, 4) is 0 Å². The number of carbonyl (C=O) groups excluding carboxylic acids is 1. The van der Waals surface area contributed by atoms with Crippen molar-refractivity contribution < 1.29 is 9.63 Å². The number of hydrogen-bond donors (Lipinski definition) is 2. The molecule has 1 atom stereocenters. The van der Waals surface area contributed by atoms with Crippen molar-refractivity contribution in [3.63, 3.8) is 0 Å². The normalized spacial score (nSPS) is 19.9. The van der Waals surface area contributed by atoms with Crippen molar-refractivity contribution in [2.45, 2.75) is 32.7 Å². The van der Waals surface area contributed by atoms with Crippen LogP contribution in [-0.4, -0.2) is 37.4 Å². The fraction of sp³-hybridized carbons (Fsp3) is 0.800. The Kier molecular flexibility index (Phi) is 5.10. The van der Waals surface area contributed by atoms with Gasteiger partial charge in [0.25, 0.3) is 0 Å². The number of oxime groups is 1. The van der Waals surface area contributed by atoms with Crippen molar-refractivity contribution >= 4 is 11.6 Å². The summed E-state index contributed by atoms with van der Waals surface area (Å²) in [5.41, 5.74) is 0.915. The predicted octanol–water partition coefficient (Wildman–Crippen LogP) is 0.267. The molecule has 5 nitrogen and oxygen atoms in total. The van der Waals surface area contributed by atoms with Gasteiger partial charge in [-0.25, -0.2) is 0 Å². The number of rotatable bonds is 6. The second kappa shape index (κ2) is 6.40. The van der Waals surface area contributed by atoms with Crippen LogP contribution in [0.5, 0.6) is 0 Å². The third kappa shape index (κ3) is 5.37. The van der Waals surface area contributed by atoms with E-state index in [2.05, 4.69) is 15.8 Å². The minimum absolute atomic E-state index is 0.157. The summed E-state index contributed by atoms with van der Waals surface area (Å²) in [5, 5.41) is 9.92. The van der Waals surface area contributed by atoms with Crippen LogP contribution in [0.4, 0.5) is 0 Å². The lowest BCUT2D eigenvalue weighted by Gasteiger charge is -2.10. The molecule has 2 N–H and O–H groups in total. The number of carbonyl (C=O) groups is 1. The molecule has 0 bridgehead atoms. The van der Waals surface area contributed by atoms with Crippen LogP contribution in [-0.2, 0) is 9.63 Å². The molecule has 0 radical (unpaired) electrons. The quantitative estimate of drug-likeness (QED) is 0.378. The van der Waals surface area contributed by atoms with Gasteiger partial charge in [-0.2, -0.15) is 0 Å². The van der Waals surface area contributed by atoms with E-state index in [1.807, 2.05) is 13.8 Å². The van der Waals surface area contributed by atoms with Gasteiger partial charge in [0.05, 0.1) is 5.71 Å². The van der Waals surface area contributed by atoms with E-state index in [1.54, 1.807) is 0 Å². The second-order valence-corrected chi connectivity index (χ2v) is 3.88. The zero-order valence-corrected chi connectivity index (χ0v) is 9.38. The van der Waals surface area contributed by atoms with Crippen molar-refractivity contribution in [1.82, 2.24) is 10.6 Å². The molecule has 1 amide bonds. The van der Waals surface area contributed by atoms with Gasteiger partial charge in [0.1, 0.15) is 6.61 Å². The van der Waals surface area contributed by atoms with E-state index in [0.717, 1.165) is 25.2 Å². The number of amides is 1. The van der Waals surface area contributed by atoms with E-state index in [4.69, 9.17) is 4.84 Å². The highest BCUT2D eigenvalue weighted by Crippen LogP contribution is 2.04. The van der Waals surface area contributed by atoms with Crippen molar-refractivity contribution in [1.29, 1.82) is 0 Å². The molecule has 1 fully saturated rings. The molecule has 15 heavy (non-hydrogen) atoms. The van der Waals surface area contributed by atoms with Crippen molar-refractivity contribution in [3.05, 3.63) is 0 Å². The summed E-state index contributed by atoms with van der Waals surface area (Å²) in [4.78, 5) is 15.9. The number of nitrogens with zero attached hydrogens (tertiary/aromatic N) is 1. The highest BCUT2D eigenvalue weighted by molar-refractivity contribution is 5.78. The first-order valence-corrected chi connectivity index (χ1v) is 5.31. The predicted molar refractivity (Wildman–Crippen MR) is 58.8 cm³/mol. The molecule has 1 saturated heterocycles. The Hall–Kier alpha value is -1.10. The Bertz CT molecular complexity index is 237. The van der Waals surface area contributed by atoms with Gasteiger partial charge in [-0.05, 0) is 20.3 Å². The smallest absolute Gasteiger partial charge is 0.220 e. The summed E-state index contributed by atoms with van der Waals surface area (Å²) in [6, 6.07) is 0.286. The van der Waals surface area contributed by atoms with Crippen molar-refractivity contribution in [2.24, 2.45) is 5.16 Å². The first kappa shape index (κ1) is 12.0. The monoisotopic (exact) mass is 213 g/mol. The average Bonchev–Trinajstić information content (AvgIpc) is 2.57. The van der Waals surface area contributed by atoms with Gasteiger partial charge >= 0.3 is 0 Å². The molecular formula is C10H19N3O2. The molecular weight excluding hydrogens is 194 g/mol. The molecule has 1 aliphatic heterocycles. The van der Waals surface area contributed by atoms with Gasteiger partial charge in [-0.15, -0.1) is 0 Å². The molecule has 0 aromatic heterocycles. The molecule has 1 heterocycles. The molecule has 86 valence electrons. The minimum Gasteiger partial charge on any atom is -0.395 e. The van der Waals surface area contributed by atoms with Gasteiger partial charge < -0.3 is 15.5 Å². The molecule has 0 unspecified atom stereocenters. The summed E-state index contributed by atoms with van der Waals surface area (Å²) in [6.07, 6.45) is 1.58. The SMILES string of the molecule is CC(C)=NOCCNC[C@H]1CCC(=O)N1. The summed E-state index contributed by atoms with van der Waals surface area (Å²) >= 11 is 0. The Morgan fingerprint density at radius 1 is 1.67 bits per heavy atom. The highest BCUT2D eigenvalue weighted by Gasteiger charge is 2.19. The van der Waals surface area contributed by atoms with Crippen LogP contribution in [0.1, 0.15) is 26.7 Å². The van der Waals surface area contributed by atoms with Gasteiger partial charge in [0.2, 0.25) is 5.91 Å². The summed E-state index contributed by atoms with van der Waals surface area (Å²) in [5.74, 6) is 0.157. The summed E-state index contributed by atoms with van der Waals surface area (Å²) < 4.78 is 0. The standard InChI is InChI=1S/C10H19N3O2/c1-8(2)13-15-6-5-11-7-9-3-4-10(14)12-9/h9,11H,3-7H2,1-2H3,(H,12,14)/t9-/m1/s1. The Labute approximate surface area is 90.2 Å². The van der Waals surface area contributed by atoms with Crippen molar-refractivity contribution in [2.75, 3.05) is 19.7 Å². The Balaban J connectivity index is 1.93. The van der Waals surface area contributed by atoms with Crippen LogP contribution in [0.15, 0.2) is 5.16 Å². The van der Waals surface area contributed by atoms with Gasteiger partial charge in [-0.3, -0.25) is 4.79 Å². The molecule has 0 saturated carbocycles. The van der Waals surface area contributed by atoms with Crippen LogP contribution in [0, 0.1) is 0 Å². The van der Waals surface area contributed by atoms with Crippen LogP contribution in [0.25, 0.3) is 0 Å². The Morgan fingerprint density at radius 2 is 2.47 bits per heavy atom. The van der Waals surface area contributed by atoms with Gasteiger partial charge in [0.15, 0.2) is 0 Å². The van der Waals surface area contributed by atoms with E-state index in [-0.39, 0.29) is 11.9 Å². The first-order chi connectivity index (χ1) is 7.18. The van der Waals surface area contributed by atoms with E-state index >= 15 is 0 Å². The van der Waals surface area contributed by atoms with E-state index in [1.165, 1.54) is 0 Å². The summed E-state index contributed by atoms with van der Waals surface area (Å²) in [6.45, 7) is 5.90. The van der Waals surface area contributed by atoms with Gasteiger partial charge in [-0.1, -0.05) is 5.16 Å². The maximum absolute atomic E-state index is 10.9. The summed E-state index contributed by atoms with van der Waals surface area (Å²) in [7, 11) is 0. The molecule has 0 aromatic rings. The lowest BCUT2D eigenvalue weighted by atomic mass is 10.2. The first-order valence-electron chi connectivity index (χ1n) is 5.31. The number of hydrogen-bond acceptors (Lipinski definition) is 4. The van der Waals surface area contributed by atoms with Crippen LogP contribution in [0.2, 0.25) is 0 Å². The maximum Gasteiger partial charge on any atom is 0.220 e. The Morgan fingerprint density at radius 3 is 3.07 bits per heavy atom. The van der Waals surface area contributed by atoms with Crippen LogP contribution >= 0.6 is 0 Å². The maximum atomic E-state index is 10.9. The minimum atomic E-state index is 0.157. The number of nitrogens with one attached hydrogen (secondary N) is 2. The lowest BCUT2D eigenvalue weighted by molar-refractivity contribution is -0.119. The molecule has 5 heteroatoms. The lowest BCUT2D eigenvalue weighted by Crippen LogP contribution is -2.36. The molecule has 1 rings (SSSR count). The van der Waals surface area contributed by atoms with E-state index in [9.17, 15) is 4.79 Å². The molecule has 0 aliphatic carbocycles. The second-order valence-electron chi connectivity index (χ2n) is 3.88. The largest absolute Gasteiger partial charge is 0.395 e. The zero-order valence-electron chi connectivity index (χ0n) is 9.38. The highest BCUT2D eigenvalue weighted by atomic mass is 16.6. The molecule has 0 aromatic carbocycles. The van der Waals surface area contributed by atoms with Gasteiger partial charge in [0, 0.05) is 25.6 Å². The van der Waals surface area contributed by atoms with Crippen LogP contribution in [0.3, 0.4) is 0 Å². The fourth-order valence-corrected chi connectivity index (χ4v) is 1.40. The topological polar surface area (TPSA) is 62.7 Å². The molecule has 1 aliphatic rings. The molecule has 0 spiro atoms. The third-order valence-electron chi connectivity index (χ3n) is 2.09. The zero-order chi connectivity index (χ0) is 11.1. The van der Waals surface area contributed by atoms with E-state index < -0.39 is 0 Å². The fourth-order valence-electron chi connectivity index (χ4n) is 1.40. The third-order valence-corrected chi connectivity index (χ3v) is 2.09. The average molecular weight is 213 g/mol. The van der Waals surface area contributed by atoms with Crippen LogP contribution < -0.4 is 10.6 Å². The van der Waals surface area contributed by atoms with E-state index in [0.29, 0.717) is 13.0 Å².